The van der Waals surface area contributed by atoms with E-state index in [1.165, 1.54) is 0 Å². The van der Waals surface area contributed by atoms with Crippen LogP contribution in [-0.2, 0) is 4.74 Å². The minimum absolute atomic E-state index is 0.0120. The number of carbonyl (C=O) groups excluding carboxylic acids is 1. The fraction of sp³-hybridized carbons (Fsp3) is 0.818. The molecule has 1 aliphatic rings. The normalized spacial score (nSPS) is 19.8. The molecule has 0 bridgehead atoms. The molecule has 5 nitrogen and oxygen atoms in total. The van der Waals surface area contributed by atoms with Gasteiger partial charge in [-0.15, -0.1) is 11.8 Å². The number of aliphatic hydroxyl groups is 1. The molecule has 0 unspecified atom stereocenters. The van der Waals surface area contributed by atoms with E-state index < -0.39 is 11.7 Å². The van der Waals surface area contributed by atoms with E-state index in [0.717, 1.165) is 12.3 Å². The molecule has 0 spiro atoms. The Balaban J connectivity index is 2.35. The molecule has 104 valence electrons. The van der Waals surface area contributed by atoms with E-state index in [-0.39, 0.29) is 18.5 Å². The SMILES string of the molecule is CC(C)(C)OC(=O)NCC(=S)N1CCS[C@@H]1CO. The summed E-state index contributed by atoms with van der Waals surface area (Å²) >= 11 is 6.92. The van der Waals surface area contributed by atoms with E-state index in [9.17, 15) is 9.90 Å². The number of ether oxygens (including phenoxy) is 1. The van der Waals surface area contributed by atoms with Gasteiger partial charge in [-0.05, 0) is 20.8 Å². The van der Waals surface area contributed by atoms with Crippen molar-refractivity contribution in [3.63, 3.8) is 0 Å². The summed E-state index contributed by atoms with van der Waals surface area (Å²) in [7, 11) is 0. The zero-order valence-electron chi connectivity index (χ0n) is 10.9. The molecule has 1 atom stereocenters. The van der Waals surface area contributed by atoms with Crippen molar-refractivity contribution >= 4 is 35.1 Å². The largest absolute Gasteiger partial charge is 0.444 e. The Morgan fingerprint density at radius 1 is 1.61 bits per heavy atom. The van der Waals surface area contributed by atoms with E-state index in [2.05, 4.69) is 5.32 Å². The Bertz CT molecular complexity index is 318. The molecular formula is C11H20N2O3S2. The van der Waals surface area contributed by atoms with Crippen LogP contribution in [0.3, 0.4) is 0 Å². The van der Waals surface area contributed by atoms with E-state index in [1.54, 1.807) is 11.8 Å². The molecule has 1 saturated heterocycles. The first-order chi connectivity index (χ1) is 8.33. The average Bonchev–Trinajstić information content (AvgIpc) is 2.71. The Labute approximate surface area is 117 Å². The summed E-state index contributed by atoms with van der Waals surface area (Å²) in [6.45, 7) is 6.57. The molecule has 7 heteroatoms. The topological polar surface area (TPSA) is 61.8 Å². The second-order valence-electron chi connectivity index (χ2n) is 4.95. The first-order valence-corrected chi connectivity index (χ1v) is 7.28. The van der Waals surface area contributed by atoms with Gasteiger partial charge in [0.2, 0.25) is 0 Å². The molecule has 1 aliphatic heterocycles. The Kier molecular flexibility index (Phi) is 5.68. The third kappa shape index (κ3) is 4.99. The lowest BCUT2D eigenvalue weighted by atomic mass is 10.2. The van der Waals surface area contributed by atoms with E-state index in [4.69, 9.17) is 17.0 Å². The average molecular weight is 292 g/mol. The summed E-state index contributed by atoms with van der Waals surface area (Å²) in [6, 6.07) is 0. The van der Waals surface area contributed by atoms with Crippen LogP contribution in [-0.4, -0.2) is 57.5 Å². The van der Waals surface area contributed by atoms with Gasteiger partial charge in [-0.2, -0.15) is 0 Å². The van der Waals surface area contributed by atoms with Crippen molar-refractivity contribution in [2.75, 3.05) is 25.4 Å². The Morgan fingerprint density at radius 3 is 2.83 bits per heavy atom. The standard InChI is InChI=1S/C11H20N2O3S2/c1-11(2,3)16-10(15)12-6-8(17)13-4-5-18-9(13)7-14/h9,14H,4-7H2,1-3H3,(H,12,15)/t9-/m1/s1. The van der Waals surface area contributed by atoms with Crippen LogP contribution in [0.5, 0.6) is 0 Å². The molecule has 1 rings (SSSR count). The summed E-state index contributed by atoms with van der Waals surface area (Å²) in [5.41, 5.74) is -0.511. The summed E-state index contributed by atoms with van der Waals surface area (Å²) < 4.78 is 5.12. The highest BCUT2D eigenvalue weighted by molar-refractivity contribution is 8.00. The molecule has 0 aromatic heterocycles. The third-order valence-corrected chi connectivity index (χ3v) is 3.83. The van der Waals surface area contributed by atoms with Crippen LogP contribution >= 0.6 is 24.0 Å². The summed E-state index contributed by atoms with van der Waals surface area (Å²) in [5, 5.41) is 11.8. The van der Waals surface area contributed by atoms with Crippen LogP contribution in [0.2, 0.25) is 0 Å². The zero-order valence-corrected chi connectivity index (χ0v) is 12.6. The number of thioether (sulfide) groups is 1. The van der Waals surface area contributed by atoms with Crippen molar-refractivity contribution in [1.29, 1.82) is 0 Å². The molecule has 0 aromatic carbocycles. The second-order valence-corrected chi connectivity index (χ2v) is 6.71. The molecule has 0 radical (unpaired) electrons. The van der Waals surface area contributed by atoms with Gasteiger partial charge >= 0.3 is 6.09 Å². The molecule has 0 aliphatic carbocycles. The predicted molar refractivity (Wildman–Crippen MR) is 76.9 cm³/mol. The number of nitrogens with zero attached hydrogens (tertiary/aromatic N) is 1. The smallest absolute Gasteiger partial charge is 0.408 e. The van der Waals surface area contributed by atoms with Gasteiger partial charge in [-0.3, -0.25) is 0 Å². The van der Waals surface area contributed by atoms with Crippen LogP contribution in [0.15, 0.2) is 0 Å². The zero-order chi connectivity index (χ0) is 13.8. The minimum atomic E-state index is -0.511. The number of carbonyl (C=O) groups is 1. The third-order valence-electron chi connectivity index (χ3n) is 2.25. The van der Waals surface area contributed by atoms with Crippen LogP contribution in [0.1, 0.15) is 20.8 Å². The maximum Gasteiger partial charge on any atom is 0.408 e. The molecule has 1 fully saturated rings. The quantitative estimate of drug-likeness (QED) is 0.762. The molecule has 0 saturated carbocycles. The molecule has 1 amide bonds. The van der Waals surface area contributed by atoms with Crippen molar-refractivity contribution in [3.05, 3.63) is 0 Å². The van der Waals surface area contributed by atoms with Crippen molar-refractivity contribution in [3.8, 4) is 0 Å². The van der Waals surface area contributed by atoms with Crippen molar-refractivity contribution < 1.29 is 14.6 Å². The Hall–Kier alpha value is -0.530. The molecule has 18 heavy (non-hydrogen) atoms. The maximum absolute atomic E-state index is 11.5. The van der Waals surface area contributed by atoms with Gasteiger partial charge in [0.1, 0.15) is 5.60 Å². The lowest BCUT2D eigenvalue weighted by molar-refractivity contribution is 0.0535. The number of hydrogen-bond acceptors (Lipinski definition) is 5. The molecular weight excluding hydrogens is 272 g/mol. The summed E-state index contributed by atoms with van der Waals surface area (Å²) in [4.78, 5) is 14.0. The summed E-state index contributed by atoms with van der Waals surface area (Å²) in [5.74, 6) is 0.942. The van der Waals surface area contributed by atoms with Crippen LogP contribution in [0, 0.1) is 0 Å². The monoisotopic (exact) mass is 292 g/mol. The fourth-order valence-corrected chi connectivity index (χ4v) is 2.97. The van der Waals surface area contributed by atoms with Gasteiger partial charge in [0.15, 0.2) is 0 Å². The van der Waals surface area contributed by atoms with Gasteiger partial charge in [0.05, 0.1) is 23.5 Å². The number of nitrogens with one attached hydrogen (secondary N) is 1. The predicted octanol–water partition coefficient (Wildman–Crippen LogP) is 1.21. The second kappa shape index (κ2) is 6.58. The van der Waals surface area contributed by atoms with Gasteiger partial charge in [0.25, 0.3) is 0 Å². The summed E-state index contributed by atoms with van der Waals surface area (Å²) in [6.07, 6.45) is -0.475. The number of rotatable bonds is 3. The highest BCUT2D eigenvalue weighted by Crippen LogP contribution is 2.23. The van der Waals surface area contributed by atoms with Crippen molar-refractivity contribution in [2.45, 2.75) is 31.7 Å². The number of aliphatic hydroxyl groups excluding tert-OH is 1. The van der Waals surface area contributed by atoms with Crippen LogP contribution < -0.4 is 5.32 Å². The molecule has 2 N–H and O–H groups in total. The Morgan fingerprint density at radius 2 is 2.28 bits per heavy atom. The lowest BCUT2D eigenvalue weighted by Crippen LogP contribution is -2.43. The van der Waals surface area contributed by atoms with Gasteiger partial charge in [0, 0.05) is 12.3 Å². The first-order valence-electron chi connectivity index (χ1n) is 5.82. The van der Waals surface area contributed by atoms with Crippen LogP contribution in [0.25, 0.3) is 0 Å². The number of amides is 1. The number of alkyl carbamates (subject to hydrolysis) is 1. The lowest BCUT2D eigenvalue weighted by Gasteiger charge is -2.25. The first kappa shape index (κ1) is 15.5. The van der Waals surface area contributed by atoms with Crippen LogP contribution in [0.4, 0.5) is 4.79 Å². The number of thiocarbonyl (C=S) groups is 1. The minimum Gasteiger partial charge on any atom is -0.444 e. The van der Waals surface area contributed by atoms with Gasteiger partial charge in [-0.1, -0.05) is 12.2 Å². The molecule has 0 aromatic rings. The number of hydrogen-bond donors (Lipinski definition) is 2. The van der Waals surface area contributed by atoms with Gasteiger partial charge < -0.3 is 20.1 Å². The van der Waals surface area contributed by atoms with Crippen molar-refractivity contribution in [1.82, 2.24) is 10.2 Å². The molecule has 1 heterocycles. The highest BCUT2D eigenvalue weighted by atomic mass is 32.2. The van der Waals surface area contributed by atoms with E-state index >= 15 is 0 Å². The fourth-order valence-electron chi connectivity index (χ4n) is 1.52. The van der Waals surface area contributed by atoms with E-state index in [0.29, 0.717) is 4.99 Å². The maximum atomic E-state index is 11.5. The van der Waals surface area contributed by atoms with E-state index in [1.807, 2.05) is 25.7 Å². The van der Waals surface area contributed by atoms with Gasteiger partial charge in [-0.25, -0.2) is 4.79 Å². The van der Waals surface area contributed by atoms with Crippen molar-refractivity contribution in [2.24, 2.45) is 0 Å². The highest BCUT2D eigenvalue weighted by Gasteiger charge is 2.26.